The molecule has 0 aliphatic carbocycles. The summed E-state index contributed by atoms with van der Waals surface area (Å²) in [6.07, 6.45) is 2.60. The Morgan fingerprint density at radius 3 is 1.77 bits per heavy atom. The molecule has 0 spiro atoms. The number of unbranched alkanes of at least 4 members (excludes halogenated alkanes) is 1. The quantitative estimate of drug-likeness (QED) is 0.545. The van der Waals surface area contributed by atoms with Gasteiger partial charge in [0.15, 0.2) is 0 Å². The molecule has 2 rings (SSSR count). The first kappa shape index (κ1) is 19.0. The van der Waals surface area contributed by atoms with E-state index in [2.05, 4.69) is 55.5 Å². The van der Waals surface area contributed by atoms with Crippen molar-refractivity contribution in [3.05, 3.63) is 71.8 Å². The molecule has 0 radical (unpaired) electrons. The van der Waals surface area contributed by atoms with Gasteiger partial charge in [0.25, 0.3) is 0 Å². The first-order valence-electron chi connectivity index (χ1n) is 7.44. The largest absolute Gasteiger partial charge is 1.00 e. The minimum Gasteiger partial charge on any atom is -0.550 e. The first-order valence-corrected chi connectivity index (χ1v) is 7.44. The second-order valence-corrected chi connectivity index (χ2v) is 5.64. The van der Waals surface area contributed by atoms with Crippen molar-refractivity contribution in [3.8, 4) is 0 Å². The third-order valence-corrected chi connectivity index (χ3v) is 4.13. The average Bonchev–Trinajstić information content (AvgIpc) is 2.53. The topological polar surface area (TPSA) is 40.1 Å². The van der Waals surface area contributed by atoms with Crippen LogP contribution in [0, 0.1) is 0 Å². The Labute approximate surface area is 154 Å². The molecule has 0 saturated heterocycles. The summed E-state index contributed by atoms with van der Waals surface area (Å²) in [4.78, 5) is 10.6. The van der Waals surface area contributed by atoms with Gasteiger partial charge in [-0.2, -0.15) is 0 Å². The fraction of sp³-hybridized carbons (Fsp3) is 0.316. The van der Waals surface area contributed by atoms with Gasteiger partial charge in [-0.25, -0.2) is 0 Å². The van der Waals surface area contributed by atoms with E-state index in [1.165, 1.54) is 11.1 Å². The Morgan fingerprint density at radius 2 is 1.36 bits per heavy atom. The van der Waals surface area contributed by atoms with Crippen LogP contribution in [0.2, 0.25) is 0 Å². The van der Waals surface area contributed by atoms with Gasteiger partial charge in [0.2, 0.25) is 0 Å². The molecule has 3 heteroatoms. The molecule has 0 aromatic heterocycles. The molecule has 2 aromatic carbocycles. The molecule has 110 valence electrons. The molecule has 0 N–H and O–H groups in total. The summed E-state index contributed by atoms with van der Waals surface area (Å²) >= 11 is 0. The van der Waals surface area contributed by atoms with Crippen molar-refractivity contribution in [2.75, 3.05) is 0 Å². The number of hydrogen-bond donors (Lipinski definition) is 0. The summed E-state index contributed by atoms with van der Waals surface area (Å²) in [5, 5.41) is 10.6. The standard InChI is InChI=1S/C19H22O2.Na/c1-19(15-9-8-14-18(20)21,16-10-4-2-5-11-16)17-12-6-3-7-13-17;/h2-7,10-13H,8-9,14-15H2,1H3,(H,20,21);/q;+1/p-1. The van der Waals surface area contributed by atoms with E-state index < -0.39 is 5.97 Å². The fourth-order valence-electron chi connectivity index (χ4n) is 2.82. The number of carbonyl (C=O) groups is 1. The third-order valence-electron chi connectivity index (χ3n) is 4.13. The van der Waals surface area contributed by atoms with Gasteiger partial charge < -0.3 is 9.90 Å². The van der Waals surface area contributed by atoms with Crippen molar-refractivity contribution >= 4 is 5.97 Å². The summed E-state index contributed by atoms with van der Waals surface area (Å²) in [6, 6.07) is 20.8. The first-order chi connectivity index (χ1) is 10.1. The average molecular weight is 304 g/mol. The minimum absolute atomic E-state index is 0. The van der Waals surface area contributed by atoms with Crippen LogP contribution in [-0.2, 0) is 10.2 Å². The van der Waals surface area contributed by atoms with Crippen molar-refractivity contribution in [2.24, 2.45) is 0 Å². The van der Waals surface area contributed by atoms with E-state index in [4.69, 9.17) is 0 Å². The molecule has 2 aromatic rings. The predicted molar refractivity (Wildman–Crippen MR) is 82.8 cm³/mol. The van der Waals surface area contributed by atoms with Crippen molar-refractivity contribution < 1.29 is 39.5 Å². The van der Waals surface area contributed by atoms with E-state index >= 15 is 0 Å². The zero-order valence-corrected chi connectivity index (χ0v) is 15.4. The Bertz CT molecular complexity index is 527. The maximum Gasteiger partial charge on any atom is 1.00 e. The van der Waals surface area contributed by atoms with E-state index in [1.807, 2.05) is 12.1 Å². The van der Waals surface area contributed by atoms with Crippen LogP contribution in [0.4, 0.5) is 0 Å². The van der Waals surface area contributed by atoms with Crippen LogP contribution in [0.3, 0.4) is 0 Å². The Kier molecular flexibility index (Phi) is 7.88. The molecule has 0 amide bonds. The van der Waals surface area contributed by atoms with E-state index in [0.29, 0.717) is 6.42 Å². The SMILES string of the molecule is CC(CCCCC(=O)[O-])(c1ccccc1)c1ccccc1.[Na+]. The Morgan fingerprint density at radius 1 is 0.909 bits per heavy atom. The summed E-state index contributed by atoms with van der Waals surface area (Å²) in [5.41, 5.74) is 2.45. The van der Waals surface area contributed by atoms with Gasteiger partial charge in [0.1, 0.15) is 0 Å². The minimum atomic E-state index is -0.962. The number of aliphatic carboxylic acids is 1. The predicted octanol–water partition coefficient (Wildman–Crippen LogP) is 0.307. The smallest absolute Gasteiger partial charge is 0.550 e. The van der Waals surface area contributed by atoms with Gasteiger partial charge in [0.05, 0.1) is 0 Å². The molecule has 0 heterocycles. The van der Waals surface area contributed by atoms with Crippen LogP contribution >= 0.6 is 0 Å². The van der Waals surface area contributed by atoms with Crippen LogP contribution < -0.4 is 34.7 Å². The number of rotatable bonds is 7. The molecule has 0 atom stereocenters. The molecule has 2 nitrogen and oxygen atoms in total. The maximum absolute atomic E-state index is 10.6. The third kappa shape index (κ3) is 4.98. The van der Waals surface area contributed by atoms with E-state index in [0.717, 1.165) is 12.8 Å². The Hall–Kier alpha value is -1.09. The molecule has 0 fully saturated rings. The van der Waals surface area contributed by atoms with Crippen LogP contribution in [0.15, 0.2) is 60.7 Å². The van der Waals surface area contributed by atoms with Gasteiger partial charge in [0, 0.05) is 11.4 Å². The number of hydrogen-bond acceptors (Lipinski definition) is 2. The molecular formula is C19H21NaO2. The second-order valence-electron chi connectivity index (χ2n) is 5.64. The molecule has 22 heavy (non-hydrogen) atoms. The molecule has 0 aliphatic rings. The van der Waals surface area contributed by atoms with Crippen molar-refractivity contribution in [1.82, 2.24) is 0 Å². The van der Waals surface area contributed by atoms with Gasteiger partial charge in [-0.3, -0.25) is 0 Å². The normalized spacial score (nSPS) is 10.8. The molecule has 0 saturated carbocycles. The summed E-state index contributed by atoms with van der Waals surface area (Å²) in [7, 11) is 0. The van der Waals surface area contributed by atoms with Crippen molar-refractivity contribution in [2.45, 2.75) is 38.0 Å². The fourth-order valence-corrected chi connectivity index (χ4v) is 2.82. The van der Waals surface area contributed by atoms with E-state index in [9.17, 15) is 9.90 Å². The van der Waals surface area contributed by atoms with Gasteiger partial charge in [-0.1, -0.05) is 74.0 Å². The summed E-state index contributed by atoms with van der Waals surface area (Å²) < 4.78 is 0. The molecular weight excluding hydrogens is 283 g/mol. The summed E-state index contributed by atoms with van der Waals surface area (Å²) in [6.45, 7) is 2.23. The zero-order valence-electron chi connectivity index (χ0n) is 13.4. The van der Waals surface area contributed by atoms with Gasteiger partial charge in [-0.05, 0) is 30.4 Å². The van der Waals surface area contributed by atoms with Crippen LogP contribution in [0.5, 0.6) is 0 Å². The molecule has 0 unspecified atom stereocenters. The molecule has 0 aliphatic heterocycles. The van der Waals surface area contributed by atoms with Gasteiger partial charge >= 0.3 is 29.6 Å². The second kappa shape index (κ2) is 9.14. The number of carboxylic acids is 1. The van der Waals surface area contributed by atoms with Crippen LogP contribution in [0.25, 0.3) is 0 Å². The Balaban J connectivity index is 0.00000242. The maximum atomic E-state index is 10.6. The van der Waals surface area contributed by atoms with E-state index in [-0.39, 0.29) is 41.4 Å². The monoisotopic (exact) mass is 304 g/mol. The van der Waals surface area contributed by atoms with Crippen molar-refractivity contribution in [3.63, 3.8) is 0 Å². The van der Waals surface area contributed by atoms with Crippen LogP contribution in [-0.4, -0.2) is 5.97 Å². The van der Waals surface area contributed by atoms with E-state index in [1.54, 1.807) is 0 Å². The molecule has 0 bridgehead atoms. The van der Waals surface area contributed by atoms with Gasteiger partial charge in [-0.15, -0.1) is 0 Å². The number of carboxylic acid groups (broad SMARTS) is 1. The zero-order chi connectivity index (χ0) is 15.1. The number of benzene rings is 2. The van der Waals surface area contributed by atoms with Crippen LogP contribution in [0.1, 0.15) is 43.7 Å². The van der Waals surface area contributed by atoms with Crippen molar-refractivity contribution in [1.29, 1.82) is 0 Å². The number of carbonyl (C=O) groups excluding carboxylic acids is 1. The summed E-state index contributed by atoms with van der Waals surface area (Å²) in [5.74, 6) is -0.962.